The van der Waals surface area contributed by atoms with Crippen LogP contribution in [0.4, 0.5) is 5.69 Å². The summed E-state index contributed by atoms with van der Waals surface area (Å²) in [5, 5.41) is 3.89. The fraction of sp³-hybridized carbons (Fsp3) is 0.133. The average Bonchev–Trinajstić information content (AvgIpc) is 2.38. The number of carbonyl (C=O) groups is 1. The third-order valence-corrected chi connectivity index (χ3v) is 2.95. The first kappa shape index (κ1) is 12.7. The fourth-order valence-electron chi connectivity index (χ4n) is 1.78. The van der Waals surface area contributed by atoms with Gasteiger partial charge in [0.25, 0.3) is 0 Å². The second-order valence-corrected chi connectivity index (χ2v) is 4.54. The minimum absolute atomic E-state index is 0.0705. The van der Waals surface area contributed by atoms with Crippen LogP contribution in [-0.2, 0) is 4.79 Å². The predicted molar refractivity (Wildman–Crippen MR) is 74.9 cm³/mol. The second kappa shape index (κ2) is 5.69. The van der Waals surface area contributed by atoms with Gasteiger partial charge >= 0.3 is 0 Å². The third kappa shape index (κ3) is 3.11. The molecule has 0 saturated carbocycles. The van der Waals surface area contributed by atoms with E-state index in [4.69, 9.17) is 11.6 Å². The molecule has 0 aliphatic heterocycles. The summed E-state index contributed by atoms with van der Waals surface area (Å²) in [6.07, 6.45) is 0. The van der Waals surface area contributed by atoms with Crippen molar-refractivity contribution in [3.8, 4) is 0 Å². The van der Waals surface area contributed by atoms with Gasteiger partial charge in [0.05, 0.1) is 0 Å². The van der Waals surface area contributed by atoms with Crippen LogP contribution in [0.1, 0.15) is 18.5 Å². The fourth-order valence-corrected chi connectivity index (χ4v) is 1.90. The largest absolute Gasteiger partial charge is 0.372 e. The quantitative estimate of drug-likeness (QED) is 0.896. The van der Waals surface area contributed by atoms with Crippen molar-refractivity contribution in [2.24, 2.45) is 0 Å². The van der Waals surface area contributed by atoms with Gasteiger partial charge in [-0.05, 0) is 36.8 Å². The number of halogens is 1. The Balaban J connectivity index is 2.24. The van der Waals surface area contributed by atoms with E-state index in [2.05, 4.69) is 5.32 Å². The lowest BCUT2D eigenvalue weighted by molar-refractivity contribution is -0.117. The van der Waals surface area contributed by atoms with Crippen molar-refractivity contribution in [2.75, 3.05) is 5.32 Å². The molecular weight excluding hydrogens is 246 g/mol. The van der Waals surface area contributed by atoms with E-state index in [1.54, 1.807) is 19.1 Å². The van der Waals surface area contributed by atoms with Gasteiger partial charge in [-0.1, -0.05) is 41.9 Å². The van der Waals surface area contributed by atoms with Gasteiger partial charge in [-0.25, -0.2) is 0 Å². The van der Waals surface area contributed by atoms with Crippen LogP contribution < -0.4 is 5.32 Å². The van der Waals surface area contributed by atoms with E-state index in [-0.39, 0.29) is 11.8 Å². The summed E-state index contributed by atoms with van der Waals surface area (Å²) in [6, 6.07) is 16.6. The maximum Gasteiger partial charge on any atom is 0.156 e. The highest BCUT2D eigenvalue weighted by Crippen LogP contribution is 2.22. The van der Waals surface area contributed by atoms with Crippen molar-refractivity contribution in [3.05, 3.63) is 65.2 Å². The van der Waals surface area contributed by atoms with E-state index in [0.717, 1.165) is 11.3 Å². The molecule has 0 saturated heterocycles. The summed E-state index contributed by atoms with van der Waals surface area (Å²) in [6.45, 7) is 1.58. The van der Waals surface area contributed by atoms with Crippen LogP contribution in [0.15, 0.2) is 54.6 Å². The molecule has 1 atom stereocenters. The van der Waals surface area contributed by atoms with E-state index in [9.17, 15) is 4.79 Å². The van der Waals surface area contributed by atoms with Crippen LogP contribution >= 0.6 is 11.6 Å². The second-order valence-electron chi connectivity index (χ2n) is 4.11. The van der Waals surface area contributed by atoms with Gasteiger partial charge in [0.2, 0.25) is 0 Å². The molecule has 0 aliphatic carbocycles. The molecule has 1 unspecified atom stereocenters. The molecule has 0 aromatic heterocycles. The van der Waals surface area contributed by atoms with Crippen LogP contribution in [0.3, 0.4) is 0 Å². The van der Waals surface area contributed by atoms with Gasteiger partial charge in [-0.3, -0.25) is 4.79 Å². The Hall–Kier alpha value is -1.80. The first-order valence-electron chi connectivity index (χ1n) is 5.74. The summed E-state index contributed by atoms with van der Waals surface area (Å²) in [4.78, 5) is 11.7. The topological polar surface area (TPSA) is 29.1 Å². The summed E-state index contributed by atoms with van der Waals surface area (Å²) in [5.41, 5.74) is 1.84. The summed E-state index contributed by atoms with van der Waals surface area (Å²) < 4.78 is 0. The smallest absolute Gasteiger partial charge is 0.156 e. The summed E-state index contributed by atoms with van der Waals surface area (Å²) in [5.74, 6) is 0.0705. The monoisotopic (exact) mass is 259 g/mol. The molecule has 3 heteroatoms. The Bertz CT molecular complexity index is 522. The molecule has 0 radical (unpaired) electrons. The first-order valence-corrected chi connectivity index (χ1v) is 6.12. The normalized spacial score (nSPS) is 11.9. The number of hydrogen-bond donors (Lipinski definition) is 1. The van der Waals surface area contributed by atoms with Crippen LogP contribution in [0.5, 0.6) is 0 Å². The number of benzene rings is 2. The molecule has 0 bridgehead atoms. The molecule has 18 heavy (non-hydrogen) atoms. The third-order valence-electron chi connectivity index (χ3n) is 2.69. The zero-order valence-electron chi connectivity index (χ0n) is 10.1. The molecule has 0 spiro atoms. The number of carbonyl (C=O) groups excluding carboxylic acids is 1. The Morgan fingerprint density at radius 3 is 2.22 bits per heavy atom. The number of hydrogen-bond acceptors (Lipinski definition) is 2. The molecule has 2 nitrogen and oxygen atoms in total. The molecule has 2 aromatic carbocycles. The van der Waals surface area contributed by atoms with Gasteiger partial charge in [0.1, 0.15) is 6.04 Å². The van der Waals surface area contributed by atoms with Gasteiger partial charge < -0.3 is 5.32 Å². The lowest BCUT2D eigenvalue weighted by Crippen LogP contribution is -2.18. The maximum absolute atomic E-state index is 11.7. The first-order chi connectivity index (χ1) is 8.66. The highest BCUT2D eigenvalue weighted by atomic mass is 35.5. The number of rotatable bonds is 4. The van der Waals surface area contributed by atoms with Crippen LogP contribution in [0.25, 0.3) is 0 Å². The van der Waals surface area contributed by atoms with Crippen molar-refractivity contribution < 1.29 is 4.79 Å². The van der Waals surface area contributed by atoms with Crippen molar-refractivity contribution >= 4 is 23.1 Å². The Morgan fingerprint density at radius 1 is 1.06 bits per heavy atom. The Kier molecular flexibility index (Phi) is 4.00. The molecule has 2 aromatic rings. The minimum atomic E-state index is -0.343. The molecule has 2 rings (SSSR count). The molecule has 1 N–H and O–H groups in total. The van der Waals surface area contributed by atoms with Crippen molar-refractivity contribution in [1.29, 1.82) is 0 Å². The molecule has 0 amide bonds. The highest BCUT2D eigenvalue weighted by Gasteiger charge is 2.16. The van der Waals surface area contributed by atoms with Gasteiger partial charge in [0.15, 0.2) is 5.78 Å². The Labute approximate surface area is 112 Å². The van der Waals surface area contributed by atoms with Crippen molar-refractivity contribution in [2.45, 2.75) is 13.0 Å². The standard InChI is InChI=1S/C15H14ClNO/c1-11(18)15(12-7-9-13(16)10-8-12)17-14-5-3-2-4-6-14/h2-10,15,17H,1H3. The highest BCUT2D eigenvalue weighted by molar-refractivity contribution is 6.30. The maximum atomic E-state index is 11.7. The Morgan fingerprint density at radius 2 is 1.67 bits per heavy atom. The number of para-hydroxylation sites is 1. The number of ketones is 1. The van der Waals surface area contributed by atoms with Crippen LogP contribution in [0, 0.1) is 0 Å². The van der Waals surface area contributed by atoms with E-state index in [1.807, 2.05) is 42.5 Å². The average molecular weight is 260 g/mol. The van der Waals surface area contributed by atoms with E-state index < -0.39 is 0 Å². The SMILES string of the molecule is CC(=O)C(Nc1ccccc1)c1ccc(Cl)cc1. The van der Waals surface area contributed by atoms with E-state index >= 15 is 0 Å². The van der Waals surface area contributed by atoms with Gasteiger partial charge in [-0.15, -0.1) is 0 Å². The van der Waals surface area contributed by atoms with Crippen molar-refractivity contribution in [3.63, 3.8) is 0 Å². The number of anilines is 1. The minimum Gasteiger partial charge on any atom is -0.372 e. The lowest BCUT2D eigenvalue weighted by Gasteiger charge is -2.17. The van der Waals surface area contributed by atoms with Crippen LogP contribution in [0.2, 0.25) is 5.02 Å². The van der Waals surface area contributed by atoms with Gasteiger partial charge in [0, 0.05) is 10.7 Å². The number of nitrogens with one attached hydrogen (secondary N) is 1. The molecule has 0 aliphatic rings. The van der Waals surface area contributed by atoms with Gasteiger partial charge in [-0.2, -0.15) is 0 Å². The zero-order valence-corrected chi connectivity index (χ0v) is 10.8. The van der Waals surface area contributed by atoms with Crippen molar-refractivity contribution in [1.82, 2.24) is 0 Å². The molecule has 0 fully saturated rings. The van der Waals surface area contributed by atoms with Crippen LogP contribution in [-0.4, -0.2) is 5.78 Å². The predicted octanol–water partition coefficient (Wildman–Crippen LogP) is 4.08. The molecule has 0 heterocycles. The zero-order chi connectivity index (χ0) is 13.0. The summed E-state index contributed by atoms with van der Waals surface area (Å²) in [7, 11) is 0. The number of Topliss-reactive ketones (excluding diaryl/α,β-unsaturated/α-hetero) is 1. The van der Waals surface area contributed by atoms with E-state index in [1.165, 1.54) is 0 Å². The lowest BCUT2D eigenvalue weighted by atomic mass is 10.0. The molecular formula is C15H14ClNO. The van der Waals surface area contributed by atoms with E-state index in [0.29, 0.717) is 5.02 Å². The summed E-state index contributed by atoms with van der Waals surface area (Å²) >= 11 is 5.85. The molecule has 92 valence electrons.